The zero-order chi connectivity index (χ0) is 23.4. The number of nitrogens with zero attached hydrogens (tertiary/aromatic N) is 2. The van der Waals surface area contributed by atoms with E-state index < -0.39 is 0 Å². The highest BCUT2D eigenvalue weighted by Crippen LogP contribution is 2.38. The van der Waals surface area contributed by atoms with Crippen LogP contribution in [0, 0.1) is 0 Å². The van der Waals surface area contributed by atoms with Crippen molar-refractivity contribution >= 4 is 22.7 Å². The highest BCUT2D eigenvalue weighted by atomic mass is 32.1. The number of aromatic nitrogens is 1. The third kappa shape index (κ3) is 6.78. The molecule has 0 spiro atoms. The average molecular weight is 470 g/mol. The molecule has 0 aliphatic carbocycles. The van der Waals surface area contributed by atoms with Crippen LogP contribution in [0.25, 0.3) is 21.7 Å². The molecule has 174 valence electrons. The number of hydrazone groups is 1. The van der Waals surface area contributed by atoms with E-state index >= 15 is 0 Å². The van der Waals surface area contributed by atoms with Gasteiger partial charge in [-0.3, -0.25) is 5.43 Å². The number of unbranched alkanes of at least 4 members (excludes halogenated alkanes) is 4. The summed E-state index contributed by atoms with van der Waals surface area (Å²) in [4.78, 5) is 5.96. The van der Waals surface area contributed by atoms with E-state index in [1.54, 1.807) is 17.6 Å². The number of ether oxygens (including phenoxy) is 1. The highest BCUT2D eigenvalue weighted by molar-refractivity contribution is 7.19. The molecule has 3 aromatic carbocycles. The SMILES string of the molecule is CCCCCCCOc1ccc(/C=N\Nc2nc(-c3ccccc3)c(-c3ccccc3)s2)cc1. The van der Waals surface area contributed by atoms with Crippen LogP contribution >= 0.6 is 11.3 Å². The second-order valence-electron chi connectivity index (χ2n) is 8.13. The quantitative estimate of drug-likeness (QED) is 0.129. The Balaban J connectivity index is 1.38. The van der Waals surface area contributed by atoms with Gasteiger partial charge in [0.1, 0.15) is 5.75 Å². The van der Waals surface area contributed by atoms with Crippen LogP contribution in [0.1, 0.15) is 44.6 Å². The Labute approximate surface area is 206 Å². The zero-order valence-electron chi connectivity index (χ0n) is 19.6. The normalized spacial score (nSPS) is 11.1. The first kappa shape index (κ1) is 23.7. The van der Waals surface area contributed by atoms with Gasteiger partial charge in [0.15, 0.2) is 0 Å². The first-order valence-electron chi connectivity index (χ1n) is 12.0. The van der Waals surface area contributed by atoms with Crippen LogP contribution < -0.4 is 10.2 Å². The number of hydrogen-bond acceptors (Lipinski definition) is 5. The summed E-state index contributed by atoms with van der Waals surface area (Å²) in [6, 6.07) is 28.7. The van der Waals surface area contributed by atoms with Crippen LogP contribution in [-0.2, 0) is 0 Å². The summed E-state index contributed by atoms with van der Waals surface area (Å²) in [6.07, 6.45) is 8.02. The van der Waals surface area contributed by atoms with E-state index in [0.717, 1.165) is 51.2 Å². The van der Waals surface area contributed by atoms with Crippen LogP contribution in [0.15, 0.2) is 90.0 Å². The number of thiazole rings is 1. The summed E-state index contributed by atoms with van der Waals surface area (Å²) >= 11 is 1.61. The number of hydrogen-bond donors (Lipinski definition) is 1. The lowest BCUT2D eigenvalue weighted by Crippen LogP contribution is -1.97. The molecule has 0 saturated carbocycles. The van der Waals surface area contributed by atoms with Crippen molar-refractivity contribution < 1.29 is 4.74 Å². The molecule has 0 bridgehead atoms. The molecular weight excluding hydrogens is 438 g/mol. The molecule has 1 N–H and O–H groups in total. The molecular formula is C29H31N3OS. The maximum atomic E-state index is 5.85. The first-order chi connectivity index (χ1) is 16.8. The van der Waals surface area contributed by atoms with Crippen LogP contribution in [0.5, 0.6) is 5.75 Å². The summed E-state index contributed by atoms with van der Waals surface area (Å²) in [6.45, 7) is 3.01. The van der Waals surface area contributed by atoms with E-state index in [9.17, 15) is 0 Å². The van der Waals surface area contributed by atoms with Crippen molar-refractivity contribution in [1.82, 2.24) is 4.98 Å². The number of benzene rings is 3. The Kier molecular flexibility index (Phi) is 8.86. The van der Waals surface area contributed by atoms with E-state index in [4.69, 9.17) is 9.72 Å². The minimum Gasteiger partial charge on any atom is -0.494 e. The van der Waals surface area contributed by atoms with Crippen LogP contribution in [-0.4, -0.2) is 17.8 Å². The maximum Gasteiger partial charge on any atom is 0.204 e. The molecule has 1 aromatic heterocycles. The van der Waals surface area contributed by atoms with Crippen molar-refractivity contribution in [2.24, 2.45) is 5.10 Å². The lowest BCUT2D eigenvalue weighted by atomic mass is 10.1. The Morgan fingerprint density at radius 2 is 1.50 bits per heavy atom. The lowest BCUT2D eigenvalue weighted by Gasteiger charge is -2.06. The predicted molar refractivity (Wildman–Crippen MR) is 145 cm³/mol. The zero-order valence-corrected chi connectivity index (χ0v) is 20.4. The molecule has 4 nitrogen and oxygen atoms in total. The number of anilines is 1. The first-order valence-corrected chi connectivity index (χ1v) is 12.8. The van der Waals surface area contributed by atoms with Crippen molar-refractivity contribution in [3.8, 4) is 27.4 Å². The topological polar surface area (TPSA) is 46.5 Å². The Morgan fingerprint density at radius 1 is 0.824 bits per heavy atom. The molecule has 0 radical (unpaired) electrons. The standard InChI is InChI=1S/C29H31N3OS/c1-2-3-4-5-12-21-33-26-19-17-23(18-20-26)22-30-32-29-31-27(24-13-8-6-9-14-24)28(34-29)25-15-10-7-11-16-25/h6-11,13-20,22H,2-5,12,21H2,1H3,(H,31,32)/b30-22-. The molecule has 0 saturated heterocycles. The molecule has 1 heterocycles. The van der Waals surface area contributed by atoms with Crippen molar-refractivity contribution in [2.75, 3.05) is 12.0 Å². The van der Waals surface area contributed by atoms with Crippen LogP contribution in [0.2, 0.25) is 0 Å². The van der Waals surface area contributed by atoms with E-state index in [0.29, 0.717) is 0 Å². The third-order valence-electron chi connectivity index (χ3n) is 5.48. The van der Waals surface area contributed by atoms with Gasteiger partial charge in [-0.25, -0.2) is 4.98 Å². The van der Waals surface area contributed by atoms with Gasteiger partial charge < -0.3 is 4.74 Å². The van der Waals surface area contributed by atoms with Crippen LogP contribution in [0.3, 0.4) is 0 Å². The molecule has 0 aliphatic heterocycles. The Hall–Kier alpha value is -3.44. The summed E-state index contributed by atoms with van der Waals surface area (Å²) < 4.78 is 5.85. The minimum absolute atomic E-state index is 0.761. The van der Waals surface area contributed by atoms with E-state index in [2.05, 4.69) is 53.8 Å². The molecule has 5 heteroatoms. The van der Waals surface area contributed by atoms with Gasteiger partial charge in [0.2, 0.25) is 5.13 Å². The molecule has 0 atom stereocenters. The van der Waals surface area contributed by atoms with Crippen LogP contribution in [0.4, 0.5) is 5.13 Å². The second-order valence-corrected chi connectivity index (χ2v) is 9.13. The summed E-state index contributed by atoms with van der Waals surface area (Å²) in [5.41, 5.74) is 7.32. The van der Waals surface area contributed by atoms with Gasteiger partial charge in [-0.2, -0.15) is 5.10 Å². The van der Waals surface area contributed by atoms with Gasteiger partial charge in [0.25, 0.3) is 0 Å². The van der Waals surface area contributed by atoms with Gasteiger partial charge in [-0.1, -0.05) is 105 Å². The fourth-order valence-electron chi connectivity index (χ4n) is 3.65. The lowest BCUT2D eigenvalue weighted by molar-refractivity contribution is 0.304. The van der Waals surface area contributed by atoms with Crippen molar-refractivity contribution in [2.45, 2.75) is 39.0 Å². The largest absolute Gasteiger partial charge is 0.494 e. The minimum atomic E-state index is 0.761. The van der Waals surface area contributed by atoms with Gasteiger partial charge >= 0.3 is 0 Å². The predicted octanol–water partition coefficient (Wildman–Crippen LogP) is 8.27. The maximum absolute atomic E-state index is 5.85. The molecule has 4 rings (SSSR count). The average Bonchev–Trinajstić information content (AvgIpc) is 3.32. The molecule has 34 heavy (non-hydrogen) atoms. The number of nitrogens with one attached hydrogen (secondary N) is 1. The summed E-state index contributed by atoms with van der Waals surface area (Å²) in [7, 11) is 0. The van der Waals surface area contributed by atoms with Gasteiger partial charge in [0.05, 0.1) is 23.4 Å². The summed E-state index contributed by atoms with van der Waals surface area (Å²) in [5.74, 6) is 0.903. The molecule has 0 aliphatic rings. The summed E-state index contributed by atoms with van der Waals surface area (Å²) in [5, 5.41) is 5.18. The van der Waals surface area contributed by atoms with Crippen molar-refractivity contribution in [3.05, 3.63) is 90.5 Å². The van der Waals surface area contributed by atoms with Gasteiger partial charge in [-0.05, 0) is 41.8 Å². The molecule has 0 amide bonds. The molecule has 0 fully saturated rings. The van der Waals surface area contributed by atoms with E-state index in [1.165, 1.54) is 25.7 Å². The molecule has 4 aromatic rings. The van der Waals surface area contributed by atoms with Crippen molar-refractivity contribution in [1.29, 1.82) is 0 Å². The highest BCUT2D eigenvalue weighted by Gasteiger charge is 2.14. The fourth-order valence-corrected chi connectivity index (χ4v) is 4.60. The molecule has 0 unspecified atom stereocenters. The van der Waals surface area contributed by atoms with Gasteiger partial charge in [-0.15, -0.1) is 0 Å². The monoisotopic (exact) mass is 469 g/mol. The van der Waals surface area contributed by atoms with E-state index in [-0.39, 0.29) is 0 Å². The van der Waals surface area contributed by atoms with Gasteiger partial charge in [0, 0.05) is 5.56 Å². The Morgan fingerprint density at radius 3 is 2.21 bits per heavy atom. The fraction of sp³-hybridized carbons (Fsp3) is 0.241. The second kappa shape index (κ2) is 12.7. The smallest absolute Gasteiger partial charge is 0.204 e. The Bertz CT molecular complexity index is 1100. The third-order valence-corrected chi connectivity index (χ3v) is 6.49. The van der Waals surface area contributed by atoms with E-state index in [1.807, 2.05) is 48.5 Å². The van der Waals surface area contributed by atoms with Crippen molar-refractivity contribution in [3.63, 3.8) is 0 Å². The number of rotatable bonds is 12.